The minimum absolute atomic E-state index is 0.00579. The fraction of sp³-hybridized carbons (Fsp3) is 0.714. The van der Waals surface area contributed by atoms with E-state index in [2.05, 4.69) is 36.1 Å². The zero-order valence-electron chi connectivity index (χ0n) is 12.2. The largest absolute Gasteiger partial charge is 0.373 e. The van der Waals surface area contributed by atoms with E-state index in [0.29, 0.717) is 5.92 Å². The zero-order valence-corrected chi connectivity index (χ0v) is 12.2. The molecule has 4 nitrogen and oxygen atoms in total. The molecule has 0 aliphatic rings. The van der Waals surface area contributed by atoms with Gasteiger partial charge in [0.05, 0.1) is 5.69 Å². The van der Waals surface area contributed by atoms with Gasteiger partial charge in [0.25, 0.3) is 0 Å². The van der Waals surface area contributed by atoms with E-state index in [1.54, 1.807) is 7.11 Å². The van der Waals surface area contributed by atoms with E-state index in [0.717, 1.165) is 36.7 Å². The maximum absolute atomic E-state index is 5.39. The molecule has 1 heterocycles. The number of rotatable bonds is 7. The van der Waals surface area contributed by atoms with Crippen LogP contribution in [0.25, 0.3) is 0 Å². The molecule has 1 rings (SSSR count). The van der Waals surface area contributed by atoms with Crippen molar-refractivity contribution >= 4 is 0 Å². The van der Waals surface area contributed by atoms with Crippen LogP contribution < -0.4 is 5.32 Å². The summed E-state index contributed by atoms with van der Waals surface area (Å²) in [6.45, 7) is 10.3. The smallest absolute Gasteiger partial charge is 0.157 e. The van der Waals surface area contributed by atoms with Crippen LogP contribution in [0.4, 0.5) is 0 Å². The minimum Gasteiger partial charge on any atom is -0.373 e. The van der Waals surface area contributed by atoms with Crippen molar-refractivity contribution in [2.24, 2.45) is 5.92 Å². The van der Waals surface area contributed by atoms with Crippen molar-refractivity contribution in [3.8, 4) is 0 Å². The van der Waals surface area contributed by atoms with E-state index in [1.165, 1.54) is 0 Å². The van der Waals surface area contributed by atoms with Crippen molar-refractivity contribution in [2.45, 2.75) is 46.8 Å². The highest BCUT2D eigenvalue weighted by Crippen LogP contribution is 2.16. The first-order valence-corrected chi connectivity index (χ1v) is 6.64. The molecule has 1 N–H and O–H groups in total. The van der Waals surface area contributed by atoms with Gasteiger partial charge in [-0.15, -0.1) is 0 Å². The number of aromatic nitrogens is 2. The molecule has 18 heavy (non-hydrogen) atoms. The van der Waals surface area contributed by atoms with Crippen molar-refractivity contribution < 1.29 is 4.74 Å². The van der Waals surface area contributed by atoms with Crippen LogP contribution in [0.3, 0.4) is 0 Å². The second-order valence-corrected chi connectivity index (χ2v) is 5.02. The molecule has 0 fully saturated rings. The minimum atomic E-state index is -0.00579. The molecule has 1 aromatic heterocycles. The van der Waals surface area contributed by atoms with Gasteiger partial charge >= 0.3 is 0 Å². The summed E-state index contributed by atoms with van der Waals surface area (Å²) in [5, 5.41) is 3.40. The van der Waals surface area contributed by atoms with E-state index in [9.17, 15) is 0 Å². The van der Waals surface area contributed by atoms with Crippen LogP contribution in [-0.4, -0.2) is 23.6 Å². The molecule has 0 aliphatic carbocycles. The highest BCUT2D eigenvalue weighted by atomic mass is 16.5. The Balaban J connectivity index is 2.74. The summed E-state index contributed by atoms with van der Waals surface area (Å²) >= 11 is 0. The highest BCUT2D eigenvalue weighted by molar-refractivity contribution is 5.11. The SMILES string of the molecule is CCC(OC)c1nc(C)cc(CNCC(C)C)n1. The lowest BCUT2D eigenvalue weighted by molar-refractivity contribution is 0.0922. The Hall–Kier alpha value is -1.00. The van der Waals surface area contributed by atoms with E-state index in [4.69, 9.17) is 4.74 Å². The van der Waals surface area contributed by atoms with Crippen LogP contribution in [0.5, 0.6) is 0 Å². The summed E-state index contributed by atoms with van der Waals surface area (Å²) in [7, 11) is 1.70. The Labute approximate surface area is 110 Å². The Kier molecular flexibility index (Phi) is 6.22. The predicted molar refractivity (Wildman–Crippen MR) is 73.4 cm³/mol. The number of aryl methyl sites for hydroxylation is 1. The van der Waals surface area contributed by atoms with Gasteiger partial charge in [0.15, 0.2) is 5.82 Å². The van der Waals surface area contributed by atoms with Crippen molar-refractivity contribution in [3.05, 3.63) is 23.3 Å². The summed E-state index contributed by atoms with van der Waals surface area (Å²) in [5.41, 5.74) is 2.03. The third-order valence-electron chi connectivity index (χ3n) is 2.73. The molecule has 102 valence electrons. The first-order chi connectivity index (χ1) is 8.56. The van der Waals surface area contributed by atoms with Crippen LogP contribution in [0, 0.1) is 12.8 Å². The van der Waals surface area contributed by atoms with Crippen molar-refractivity contribution in [1.29, 1.82) is 0 Å². The second-order valence-electron chi connectivity index (χ2n) is 5.02. The molecule has 1 unspecified atom stereocenters. The molecule has 4 heteroatoms. The van der Waals surface area contributed by atoms with E-state index in [1.807, 2.05) is 13.0 Å². The third-order valence-corrected chi connectivity index (χ3v) is 2.73. The fourth-order valence-electron chi connectivity index (χ4n) is 1.84. The summed E-state index contributed by atoms with van der Waals surface area (Å²) in [6.07, 6.45) is 0.882. The molecule has 0 bridgehead atoms. The van der Waals surface area contributed by atoms with Crippen LogP contribution in [0.15, 0.2) is 6.07 Å². The maximum Gasteiger partial charge on any atom is 0.157 e. The molecular formula is C14H25N3O. The van der Waals surface area contributed by atoms with Gasteiger partial charge in [0.1, 0.15) is 6.10 Å². The quantitative estimate of drug-likeness (QED) is 0.809. The molecule has 0 spiro atoms. The lowest BCUT2D eigenvalue weighted by atomic mass is 10.2. The summed E-state index contributed by atoms with van der Waals surface area (Å²) in [6, 6.07) is 2.03. The van der Waals surface area contributed by atoms with E-state index in [-0.39, 0.29) is 6.10 Å². The first kappa shape index (κ1) is 15.1. The molecule has 0 saturated carbocycles. The Morgan fingerprint density at radius 2 is 2.06 bits per heavy atom. The van der Waals surface area contributed by atoms with Crippen LogP contribution >= 0.6 is 0 Å². The van der Waals surface area contributed by atoms with Crippen molar-refractivity contribution in [2.75, 3.05) is 13.7 Å². The molecule has 1 aromatic rings. The number of nitrogens with zero attached hydrogens (tertiary/aromatic N) is 2. The molecular weight excluding hydrogens is 226 g/mol. The highest BCUT2D eigenvalue weighted by Gasteiger charge is 2.12. The molecule has 0 saturated heterocycles. The fourth-order valence-corrected chi connectivity index (χ4v) is 1.84. The molecule has 0 radical (unpaired) electrons. The van der Waals surface area contributed by atoms with Gasteiger partial charge in [-0.2, -0.15) is 0 Å². The number of methoxy groups -OCH3 is 1. The molecule has 1 atom stereocenters. The number of hydrogen-bond acceptors (Lipinski definition) is 4. The summed E-state index contributed by atoms with van der Waals surface area (Å²) in [5.74, 6) is 1.44. The normalized spacial score (nSPS) is 13.0. The number of hydrogen-bond donors (Lipinski definition) is 1. The Morgan fingerprint density at radius 3 is 2.61 bits per heavy atom. The zero-order chi connectivity index (χ0) is 13.5. The van der Waals surface area contributed by atoms with Crippen molar-refractivity contribution in [1.82, 2.24) is 15.3 Å². The predicted octanol–water partition coefficient (Wildman–Crippen LogP) is 2.63. The van der Waals surface area contributed by atoms with Gasteiger partial charge in [-0.25, -0.2) is 9.97 Å². The van der Waals surface area contributed by atoms with Gasteiger partial charge in [-0.05, 0) is 31.9 Å². The summed E-state index contributed by atoms with van der Waals surface area (Å²) in [4.78, 5) is 9.03. The van der Waals surface area contributed by atoms with Crippen LogP contribution in [0.2, 0.25) is 0 Å². The van der Waals surface area contributed by atoms with Gasteiger partial charge in [-0.1, -0.05) is 20.8 Å². The lowest BCUT2D eigenvalue weighted by Crippen LogP contribution is -2.20. The van der Waals surface area contributed by atoms with Gasteiger partial charge < -0.3 is 10.1 Å². The monoisotopic (exact) mass is 251 g/mol. The molecule has 0 amide bonds. The Bertz CT molecular complexity index is 362. The molecule has 0 aliphatic heterocycles. The molecule has 0 aromatic carbocycles. The van der Waals surface area contributed by atoms with Crippen LogP contribution in [0.1, 0.15) is 50.5 Å². The number of nitrogens with one attached hydrogen (secondary N) is 1. The standard InChI is InChI=1S/C14H25N3O/c1-6-13(18-5)14-16-11(4)7-12(17-14)9-15-8-10(2)3/h7,10,13,15H,6,8-9H2,1-5H3. The van der Waals surface area contributed by atoms with E-state index >= 15 is 0 Å². The summed E-state index contributed by atoms with van der Waals surface area (Å²) < 4.78 is 5.39. The van der Waals surface area contributed by atoms with Crippen molar-refractivity contribution in [3.63, 3.8) is 0 Å². The Morgan fingerprint density at radius 1 is 1.33 bits per heavy atom. The van der Waals surface area contributed by atoms with Gasteiger partial charge in [-0.3, -0.25) is 0 Å². The van der Waals surface area contributed by atoms with E-state index < -0.39 is 0 Å². The first-order valence-electron chi connectivity index (χ1n) is 6.64. The van der Waals surface area contributed by atoms with Crippen LogP contribution in [-0.2, 0) is 11.3 Å². The average Bonchev–Trinajstić information content (AvgIpc) is 2.29. The van der Waals surface area contributed by atoms with Gasteiger partial charge in [0.2, 0.25) is 0 Å². The topological polar surface area (TPSA) is 47.0 Å². The second kappa shape index (κ2) is 7.44. The number of ether oxygens (including phenoxy) is 1. The maximum atomic E-state index is 5.39. The average molecular weight is 251 g/mol. The lowest BCUT2D eigenvalue weighted by Gasteiger charge is -2.14. The van der Waals surface area contributed by atoms with Gasteiger partial charge in [0, 0.05) is 19.3 Å². The third kappa shape index (κ3) is 4.70.